The van der Waals surface area contributed by atoms with Crippen LogP contribution in [0.1, 0.15) is 5.56 Å². The number of nitrogens with one attached hydrogen (secondary N) is 2. The van der Waals surface area contributed by atoms with E-state index in [1.54, 1.807) is 0 Å². The molecule has 1 aromatic heterocycles. The van der Waals surface area contributed by atoms with E-state index in [2.05, 4.69) is 15.5 Å². The predicted molar refractivity (Wildman–Crippen MR) is 94.3 cm³/mol. The molecule has 0 aliphatic heterocycles. The van der Waals surface area contributed by atoms with Crippen LogP contribution in [0, 0.1) is 20.2 Å². The van der Waals surface area contributed by atoms with Crippen LogP contribution in [-0.4, -0.2) is 21.0 Å². The Balaban J connectivity index is 1.90. The van der Waals surface area contributed by atoms with Crippen LogP contribution < -0.4 is 5.43 Å². The summed E-state index contributed by atoms with van der Waals surface area (Å²) in [6.07, 6.45) is 1.42. The van der Waals surface area contributed by atoms with Gasteiger partial charge >= 0.3 is 5.69 Å². The van der Waals surface area contributed by atoms with Gasteiger partial charge in [-0.3, -0.25) is 25.7 Å². The zero-order chi connectivity index (χ0) is 18.0. The summed E-state index contributed by atoms with van der Waals surface area (Å²) in [6.45, 7) is 0. The molecule has 126 valence electrons. The third-order valence-corrected chi connectivity index (χ3v) is 3.76. The lowest BCUT2D eigenvalue weighted by Gasteiger charge is -2.01. The first-order chi connectivity index (χ1) is 12.0. The molecule has 0 unspecified atom stereocenters. The number of rotatable bonds is 5. The molecule has 0 radical (unpaired) electrons. The lowest BCUT2D eigenvalue weighted by atomic mass is 10.2. The molecular formula is C15H10ClN5O4. The maximum absolute atomic E-state index is 11.1. The van der Waals surface area contributed by atoms with E-state index < -0.39 is 15.5 Å². The molecule has 0 spiro atoms. The summed E-state index contributed by atoms with van der Waals surface area (Å²) in [5, 5.41) is 27.0. The fraction of sp³-hybridized carbons (Fsp3) is 0. The second-order valence-corrected chi connectivity index (χ2v) is 5.36. The van der Waals surface area contributed by atoms with Crippen LogP contribution in [0.4, 0.5) is 17.1 Å². The van der Waals surface area contributed by atoms with Gasteiger partial charge in [-0.15, -0.1) is 0 Å². The third-order valence-electron chi connectivity index (χ3n) is 3.47. The SMILES string of the molecule is O=[N+]([O-])c1ccc(N/N=C/c2c(Cl)[nH]c3ccccc23)c([N+](=O)[O-])c1. The number of hydrogen-bond acceptors (Lipinski definition) is 6. The molecule has 0 atom stereocenters. The number of aromatic amines is 1. The Hall–Kier alpha value is -3.46. The van der Waals surface area contributed by atoms with Crippen LogP contribution in [-0.2, 0) is 0 Å². The van der Waals surface area contributed by atoms with Crippen molar-refractivity contribution in [2.24, 2.45) is 5.10 Å². The van der Waals surface area contributed by atoms with Crippen molar-refractivity contribution in [1.29, 1.82) is 0 Å². The smallest absolute Gasteiger partial charge is 0.301 e. The van der Waals surface area contributed by atoms with Gasteiger partial charge in [0.2, 0.25) is 0 Å². The van der Waals surface area contributed by atoms with Crippen LogP contribution in [0.3, 0.4) is 0 Å². The molecule has 0 bridgehead atoms. The Bertz CT molecular complexity index is 1010. The van der Waals surface area contributed by atoms with Crippen LogP contribution >= 0.6 is 11.6 Å². The molecule has 1 heterocycles. The van der Waals surface area contributed by atoms with Gasteiger partial charge in [0.1, 0.15) is 10.8 Å². The Morgan fingerprint density at radius 3 is 2.60 bits per heavy atom. The normalized spacial score (nSPS) is 11.1. The van der Waals surface area contributed by atoms with E-state index in [-0.39, 0.29) is 11.4 Å². The number of non-ortho nitro benzene ring substituents is 1. The van der Waals surface area contributed by atoms with Crippen molar-refractivity contribution in [2.75, 3.05) is 5.43 Å². The summed E-state index contributed by atoms with van der Waals surface area (Å²) in [4.78, 5) is 23.4. The molecule has 3 rings (SSSR count). The standard InChI is InChI=1S/C15H10ClN5O4/c16-15-11(10-3-1-2-4-12(10)18-15)8-17-19-13-6-5-9(20(22)23)7-14(13)21(24)25/h1-8,18-19H/b17-8+. The van der Waals surface area contributed by atoms with Gasteiger partial charge in [-0.1, -0.05) is 29.8 Å². The number of anilines is 1. The van der Waals surface area contributed by atoms with E-state index in [4.69, 9.17) is 11.6 Å². The minimum Gasteiger partial charge on any atom is -0.345 e. The molecule has 25 heavy (non-hydrogen) atoms. The second kappa shape index (κ2) is 6.57. The largest absolute Gasteiger partial charge is 0.345 e. The number of hydrogen-bond donors (Lipinski definition) is 2. The number of nitro groups is 2. The van der Waals surface area contributed by atoms with Gasteiger partial charge in [0.05, 0.1) is 22.1 Å². The van der Waals surface area contributed by atoms with Crippen molar-refractivity contribution >= 4 is 45.8 Å². The third kappa shape index (κ3) is 3.26. The summed E-state index contributed by atoms with van der Waals surface area (Å²) in [5.74, 6) is 0. The lowest BCUT2D eigenvalue weighted by Crippen LogP contribution is -1.98. The van der Waals surface area contributed by atoms with Crippen molar-refractivity contribution in [2.45, 2.75) is 0 Å². The molecule has 0 fully saturated rings. The number of hydrazone groups is 1. The number of H-pyrrole nitrogens is 1. The predicted octanol–water partition coefficient (Wildman–Crippen LogP) is 4.08. The van der Waals surface area contributed by atoms with Gasteiger partial charge < -0.3 is 4.98 Å². The number of aromatic nitrogens is 1. The maximum Gasteiger partial charge on any atom is 0.301 e. The van der Waals surface area contributed by atoms with Gasteiger partial charge in [0.15, 0.2) is 0 Å². The first-order valence-corrected chi connectivity index (χ1v) is 7.33. The number of nitrogens with zero attached hydrogens (tertiary/aromatic N) is 3. The van der Waals surface area contributed by atoms with Crippen molar-refractivity contribution in [3.63, 3.8) is 0 Å². The molecule has 2 aromatic carbocycles. The second-order valence-electron chi connectivity index (χ2n) is 4.98. The summed E-state index contributed by atoms with van der Waals surface area (Å²) in [5.41, 5.74) is 3.18. The van der Waals surface area contributed by atoms with Crippen molar-refractivity contribution in [3.8, 4) is 0 Å². The first-order valence-electron chi connectivity index (χ1n) is 6.95. The number of benzene rings is 2. The van der Waals surface area contributed by atoms with Crippen LogP contribution in [0.2, 0.25) is 5.15 Å². The number of para-hydroxylation sites is 1. The first kappa shape index (κ1) is 16.4. The highest BCUT2D eigenvalue weighted by atomic mass is 35.5. The minimum absolute atomic E-state index is 0.0304. The van der Waals surface area contributed by atoms with Gasteiger partial charge in [-0.25, -0.2) is 0 Å². The number of nitro benzene ring substituents is 2. The average molecular weight is 360 g/mol. The molecule has 10 heteroatoms. The quantitative estimate of drug-likeness (QED) is 0.403. The van der Waals surface area contributed by atoms with Gasteiger partial charge in [-0.2, -0.15) is 5.10 Å². The summed E-state index contributed by atoms with van der Waals surface area (Å²) in [7, 11) is 0. The van der Waals surface area contributed by atoms with Gasteiger partial charge in [0, 0.05) is 22.5 Å². The van der Waals surface area contributed by atoms with E-state index in [0.29, 0.717) is 10.7 Å². The Kier molecular flexibility index (Phi) is 4.31. The van der Waals surface area contributed by atoms with E-state index in [0.717, 1.165) is 23.0 Å². The molecular weight excluding hydrogens is 350 g/mol. The van der Waals surface area contributed by atoms with Gasteiger partial charge in [0.25, 0.3) is 5.69 Å². The summed E-state index contributed by atoms with van der Waals surface area (Å²) in [6, 6.07) is 10.7. The molecule has 9 nitrogen and oxygen atoms in total. The summed E-state index contributed by atoms with van der Waals surface area (Å²) >= 11 is 6.13. The van der Waals surface area contributed by atoms with Crippen LogP contribution in [0.15, 0.2) is 47.6 Å². The average Bonchev–Trinajstić information content (AvgIpc) is 2.90. The highest BCUT2D eigenvalue weighted by Gasteiger charge is 2.19. The lowest BCUT2D eigenvalue weighted by molar-refractivity contribution is -0.393. The molecule has 0 amide bonds. The Morgan fingerprint density at radius 2 is 1.88 bits per heavy atom. The maximum atomic E-state index is 11.1. The zero-order valence-electron chi connectivity index (χ0n) is 12.5. The minimum atomic E-state index is -0.719. The zero-order valence-corrected chi connectivity index (χ0v) is 13.2. The highest BCUT2D eigenvalue weighted by molar-refractivity contribution is 6.34. The van der Waals surface area contributed by atoms with E-state index in [9.17, 15) is 20.2 Å². The Morgan fingerprint density at radius 1 is 1.12 bits per heavy atom. The molecule has 0 aliphatic carbocycles. The molecule has 0 aliphatic rings. The molecule has 0 saturated carbocycles. The summed E-state index contributed by atoms with van der Waals surface area (Å²) < 4.78 is 0. The number of fused-ring (bicyclic) bond motifs is 1. The van der Waals surface area contributed by atoms with E-state index in [1.165, 1.54) is 12.3 Å². The molecule has 3 aromatic rings. The monoisotopic (exact) mass is 359 g/mol. The molecule has 2 N–H and O–H groups in total. The van der Waals surface area contributed by atoms with Crippen molar-refractivity contribution < 1.29 is 9.85 Å². The molecule has 0 saturated heterocycles. The number of halogens is 1. The van der Waals surface area contributed by atoms with Crippen molar-refractivity contribution in [1.82, 2.24) is 4.98 Å². The van der Waals surface area contributed by atoms with Crippen molar-refractivity contribution in [3.05, 3.63) is 73.4 Å². The van der Waals surface area contributed by atoms with Gasteiger partial charge in [-0.05, 0) is 12.1 Å². The van der Waals surface area contributed by atoms with E-state index >= 15 is 0 Å². The van der Waals surface area contributed by atoms with Crippen LogP contribution in [0.5, 0.6) is 0 Å². The van der Waals surface area contributed by atoms with Crippen LogP contribution in [0.25, 0.3) is 10.9 Å². The van der Waals surface area contributed by atoms with E-state index in [1.807, 2.05) is 24.3 Å². The highest BCUT2D eigenvalue weighted by Crippen LogP contribution is 2.29. The fourth-order valence-electron chi connectivity index (χ4n) is 2.30. The Labute approximate surface area is 145 Å². The fourth-order valence-corrected chi connectivity index (χ4v) is 2.55. The topological polar surface area (TPSA) is 126 Å².